The number of carbonyl (C=O) groups excluding carboxylic acids is 2. The zero-order valence-corrected chi connectivity index (χ0v) is 9.94. The third-order valence-electron chi connectivity index (χ3n) is 1.65. The van der Waals surface area contributed by atoms with E-state index in [1.54, 1.807) is 26.8 Å². The Kier molecular flexibility index (Phi) is 4.45. The van der Waals surface area contributed by atoms with Gasteiger partial charge in [0.1, 0.15) is 5.76 Å². The number of aromatic nitrogens is 1. The molecule has 0 radical (unpaired) electrons. The number of carbonyl (C=O) groups is 2. The van der Waals surface area contributed by atoms with Gasteiger partial charge in [-0.2, -0.15) is 0 Å². The van der Waals surface area contributed by atoms with E-state index >= 15 is 0 Å². The number of ether oxygens (including phenoxy) is 1. The molecule has 0 unspecified atom stereocenters. The van der Waals surface area contributed by atoms with Gasteiger partial charge >= 0.3 is 5.97 Å². The van der Waals surface area contributed by atoms with Crippen LogP contribution in [-0.4, -0.2) is 23.6 Å². The van der Waals surface area contributed by atoms with Crippen LogP contribution in [0.25, 0.3) is 0 Å². The maximum atomic E-state index is 11.3. The van der Waals surface area contributed by atoms with Crippen LogP contribution in [0.15, 0.2) is 22.2 Å². The summed E-state index contributed by atoms with van der Waals surface area (Å²) in [5.41, 5.74) is 0.808. The minimum atomic E-state index is -0.545. The topological polar surface area (TPSA) is 81.4 Å². The van der Waals surface area contributed by atoms with Crippen molar-refractivity contribution < 1.29 is 18.8 Å². The Hall–Kier alpha value is -2.11. The van der Waals surface area contributed by atoms with E-state index in [1.807, 2.05) is 0 Å². The molecule has 0 aromatic carbocycles. The van der Waals surface area contributed by atoms with E-state index in [1.165, 1.54) is 6.08 Å². The van der Waals surface area contributed by atoms with Gasteiger partial charge in [-0.3, -0.25) is 4.79 Å². The van der Waals surface area contributed by atoms with E-state index in [0.717, 1.165) is 5.57 Å². The molecule has 0 spiro atoms. The molecule has 0 atom stereocenters. The lowest BCUT2D eigenvalue weighted by molar-refractivity contribution is -0.142. The van der Waals surface area contributed by atoms with Crippen molar-refractivity contribution in [2.24, 2.45) is 0 Å². The van der Waals surface area contributed by atoms with E-state index in [0.29, 0.717) is 11.6 Å². The summed E-state index contributed by atoms with van der Waals surface area (Å²) in [4.78, 5) is 22.4. The first kappa shape index (κ1) is 13.0. The Morgan fingerprint density at radius 2 is 2.24 bits per heavy atom. The number of hydrogen-bond donors (Lipinski definition) is 1. The van der Waals surface area contributed by atoms with Crippen molar-refractivity contribution in [3.63, 3.8) is 0 Å². The van der Waals surface area contributed by atoms with Crippen molar-refractivity contribution in [3.8, 4) is 0 Å². The Labute approximate surface area is 98.6 Å². The Morgan fingerprint density at radius 1 is 1.53 bits per heavy atom. The number of anilines is 1. The minimum Gasteiger partial charge on any atom is -0.452 e. The summed E-state index contributed by atoms with van der Waals surface area (Å²) in [5.74, 6) is -0.127. The average molecular weight is 238 g/mol. The van der Waals surface area contributed by atoms with Gasteiger partial charge in [-0.25, -0.2) is 4.79 Å². The number of amides is 1. The van der Waals surface area contributed by atoms with Crippen LogP contribution in [0.1, 0.15) is 19.6 Å². The van der Waals surface area contributed by atoms with Crippen molar-refractivity contribution in [2.75, 3.05) is 11.9 Å². The number of esters is 1. The van der Waals surface area contributed by atoms with Gasteiger partial charge in [-0.1, -0.05) is 10.7 Å². The second-order valence-electron chi connectivity index (χ2n) is 3.70. The van der Waals surface area contributed by atoms with Crippen molar-refractivity contribution in [2.45, 2.75) is 20.8 Å². The summed E-state index contributed by atoms with van der Waals surface area (Å²) in [6.07, 6.45) is 1.31. The molecule has 0 bridgehead atoms. The van der Waals surface area contributed by atoms with Gasteiger partial charge in [-0.15, -0.1) is 0 Å². The second-order valence-corrected chi connectivity index (χ2v) is 3.70. The van der Waals surface area contributed by atoms with E-state index in [4.69, 9.17) is 9.26 Å². The molecular formula is C11H14N2O4. The fourth-order valence-electron chi connectivity index (χ4n) is 1.02. The molecule has 0 aliphatic carbocycles. The molecule has 0 aliphatic heterocycles. The first-order valence-corrected chi connectivity index (χ1v) is 5.02. The van der Waals surface area contributed by atoms with Gasteiger partial charge in [-0.05, 0) is 20.8 Å². The van der Waals surface area contributed by atoms with Crippen molar-refractivity contribution in [3.05, 3.63) is 23.5 Å². The molecular weight excluding hydrogens is 224 g/mol. The molecule has 1 aromatic heterocycles. The molecule has 6 heteroatoms. The molecule has 0 saturated heterocycles. The first-order valence-electron chi connectivity index (χ1n) is 5.02. The third-order valence-corrected chi connectivity index (χ3v) is 1.65. The highest BCUT2D eigenvalue weighted by molar-refractivity contribution is 5.93. The van der Waals surface area contributed by atoms with Crippen LogP contribution in [0, 0.1) is 6.92 Å². The average Bonchev–Trinajstić information content (AvgIpc) is 2.60. The fraction of sp³-hybridized carbons (Fsp3) is 0.364. The summed E-state index contributed by atoms with van der Waals surface area (Å²) < 4.78 is 9.47. The Balaban J connectivity index is 2.36. The van der Waals surface area contributed by atoms with Gasteiger partial charge in [0.2, 0.25) is 0 Å². The minimum absolute atomic E-state index is 0.297. The fourth-order valence-corrected chi connectivity index (χ4v) is 1.02. The van der Waals surface area contributed by atoms with Gasteiger partial charge in [0, 0.05) is 12.1 Å². The van der Waals surface area contributed by atoms with Crippen LogP contribution >= 0.6 is 0 Å². The number of nitrogens with one attached hydrogen (secondary N) is 1. The molecule has 0 aliphatic rings. The SMILES string of the molecule is CC(C)=CC(=O)OCC(=O)Nc1cc(C)on1. The lowest BCUT2D eigenvalue weighted by Crippen LogP contribution is -2.20. The van der Waals surface area contributed by atoms with Crippen molar-refractivity contribution in [1.82, 2.24) is 5.16 Å². The van der Waals surface area contributed by atoms with Gasteiger partial charge in [0.15, 0.2) is 12.4 Å². The van der Waals surface area contributed by atoms with Crippen LogP contribution < -0.4 is 5.32 Å². The van der Waals surface area contributed by atoms with Crippen molar-refractivity contribution >= 4 is 17.7 Å². The summed E-state index contributed by atoms with van der Waals surface area (Å²) >= 11 is 0. The maximum Gasteiger partial charge on any atom is 0.331 e. The molecule has 0 fully saturated rings. The van der Waals surface area contributed by atoms with E-state index in [-0.39, 0.29) is 6.61 Å². The van der Waals surface area contributed by atoms with Crippen LogP contribution in [0.3, 0.4) is 0 Å². The number of aryl methyl sites for hydroxylation is 1. The molecule has 1 rings (SSSR count). The van der Waals surface area contributed by atoms with E-state index < -0.39 is 11.9 Å². The van der Waals surface area contributed by atoms with Gasteiger partial charge in [0.05, 0.1) is 0 Å². The molecule has 1 heterocycles. The quantitative estimate of drug-likeness (QED) is 0.633. The van der Waals surface area contributed by atoms with Crippen LogP contribution in [0.4, 0.5) is 5.82 Å². The van der Waals surface area contributed by atoms with E-state index in [2.05, 4.69) is 10.5 Å². The summed E-state index contributed by atoms with van der Waals surface area (Å²) in [5, 5.41) is 6.00. The molecule has 6 nitrogen and oxygen atoms in total. The number of allylic oxidation sites excluding steroid dienone is 1. The second kappa shape index (κ2) is 5.83. The van der Waals surface area contributed by atoms with Crippen LogP contribution in [-0.2, 0) is 14.3 Å². The zero-order chi connectivity index (χ0) is 12.8. The van der Waals surface area contributed by atoms with Crippen LogP contribution in [0.5, 0.6) is 0 Å². The summed E-state index contributed by atoms with van der Waals surface area (Å²) in [6, 6.07) is 1.57. The van der Waals surface area contributed by atoms with Crippen molar-refractivity contribution in [1.29, 1.82) is 0 Å². The molecule has 1 amide bonds. The largest absolute Gasteiger partial charge is 0.452 e. The summed E-state index contributed by atoms with van der Waals surface area (Å²) in [6.45, 7) is 4.88. The monoisotopic (exact) mass is 238 g/mol. The smallest absolute Gasteiger partial charge is 0.331 e. The third kappa shape index (κ3) is 4.96. The number of nitrogens with zero attached hydrogens (tertiary/aromatic N) is 1. The molecule has 1 N–H and O–H groups in total. The maximum absolute atomic E-state index is 11.3. The predicted octanol–water partition coefficient (Wildman–Crippen LogP) is 1.43. The summed E-state index contributed by atoms with van der Waals surface area (Å²) in [7, 11) is 0. The molecule has 1 aromatic rings. The standard InChI is InChI=1S/C11H14N2O4/c1-7(2)4-11(15)16-6-10(14)12-9-5-8(3)17-13-9/h4-5H,6H2,1-3H3,(H,12,13,14). The zero-order valence-electron chi connectivity index (χ0n) is 9.94. The lowest BCUT2D eigenvalue weighted by Gasteiger charge is -2.01. The highest BCUT2D eigenvalue weighted by atomic mass is 16.5. The number of hydrogen-bond acceptors (Lipinski definition) is 5. The highest BCUT2D eigenvalue weighted by Gasteiger charge is 2.08. The predicted molar refractivity (Wildman–Crippen MR) is 60.3 cm³/mol. The molecule has 92 valence electrons. The van der Waals surface area contributed by atoms with E-state index in [9.17, 15) is 9.59 Å². The number of rotatable bonds is 4. The lowest BCUT2D eigenvalue weighted by atomic mass is 10.3. The normalized spacial score (nSPS) is 9.59. The highest BCUT2D eigenvalue weighted by Crippen LogP contribution is 2.06. The van der Waals surface area contributed by atoms with Gasteiger partial charge < -0.3 is 14.6 Å². The molecule has 0 saturated carbocycles. The Bertz CT molecular complexity index is 444. The Morgan fingerprint density at radius 3 is 2.76 bits per heavy atom. The van der Waals surface area contributed by atoms with Crippen LogP contribution in [0.2, 0.25) is 0 Å². The first-order chi connectivity index (χ1) is 7.97. The molecule has 17 heavy (non-hydrogen) atoms. The van der Waals surface area contributed by atoms with Gasteiger partial charge in [0.25, 0.3) is 5.91 Å².